The van der Waals surface area contributed by atoms with E-state index in [1.807, 2.05) is 49.2 Å². The van der Waals surface area contributed by atoms with Crippen LogP contribution in [0.5, 0.6) is 0 Å². The minimum atomic E-state index is 0.387. The Morgan fingerprint density at radius 1 is 1.37 bits per heavy atom. The molecule has 7 heteroatoms. The monoisotopic (exact) mass is 364 g/mol. The molecule has 0 saturated heterocycles. The molecule has 0 aliphatic carbocycles. The van der Waals surface area contributed by atoms with Crippen LogP contribution in [0.1, 0.15) is 37.5 Å². The fourth-order valence-corrected chi connectivity index (χ4v) is 2.62. The molecule has 0 aliphatic heterocycles. The van der Waals surface area contributed by atoms with E-state index in [-0.39, 0.29) is 0 Å². The van der Waals surface area contributed by atoms with Crippen molar-refractivity contribution in [3.63, 3.8) is 0 Å². The summed E-state index contributed by atoms with van der Waals surface area (Å²) in [6.45, 7) is 8.87. The van der Waals surface area contributed by atoms with Crippen molar-refractivity contribution in [3.8, 4) is 11.6 Å². The van der Waals surface area contributed by atoms with Gasteiger partial charge in [0.25, 0.3) is 5.89 Å². The maximum atomic E-state index is 5.35. The smallest absolute Gasteiger partial charge is 0.278 e. The first-order valence-electron chi connectivity index (χ1n) is 8.97. The topological polar surface area (TPSA) is 81.7 Å². The van der Waals surface area contributed by atoms with Gasteiger partial charge < -0.3 is 14.4 Å². The van der Waals surface area contributed by atoms with Crippen molar-refractivity contribution >= 4 is 11.4 Å². The van der Waals surface area contributed by atoms with Gasteiger partial charge in [0.05, 0.1) is 0 Å². The summed E-state index contributed by atoms with van der Waals surface area (Å²) in [5.41, 5.74) is 2.49. The molecule has 3 heterocycles. The van der Waals surface area contributed by atoms with Crippen molar-refractivity contribution in [3.05, 3.63) is 60.5 Å². The number of hydrogen-bond donors (Lipinski definition) is 1. The van der Waals surface area contributed by atoms with Crippen molar-refractivity contribution in [1.82, 2.24) is 24.7 Å². The van der Waals surface area contributed by atoms with Gasteiger partial charge in [0.15, 0.2) is 0 Å². The lowest BCUT2D eigenvalue weighted by atomic mass is 10.2. The molecule has 0 bridgehead atoms. The molecule has 1 N–H and O–H groups in total. The molecule has 0 spiro atoms. The van der Waals surface area contributed by atoms with Gasteiger partial charge in [0.1, 0.15) is 17.3 Å². The van der Waals surface area contributed by atoms with Gasteiger partial charge in [-0.05, 0) is 31.0 Å². The Kier molecular flexibility index (Phi) is 5.80. The summed E-state index contributed by atoms with van der Waals surface area (Å²) in [5, 5.41) is 7.28. The summed E-state index contributed by atoms with van der Waals surface area (Å²) >= 11 is 0. The maximum absolute atomic E-state index is 5.35. The van der Waals surface area contributed by atoms with Crippen LogP contribution in [0.15, 0.2) is 47.8 Å². The van der Waals surface area contributed by atoms with E-state index in [0.29, 0.717) is 29.4 Å². The van der Waals surface area contributed by atoms with E-state index in [4.69, 9.17) is 4.52 Å². The molecule has 0 atom stereocenters. The highest BCUT2D eigenvalue weighted by molar-refractivity contribution is 5.67. The molecule has 3 rings (SSSR count). The van der Waals surface area contributed by atoms with Gasteiger partial charge in [0.2, 0.25) is 5.82 Å². The maximum Gasteiger partial charge on any atom is 0.278 e. The number of aromatic nitrogens is 5. The highest BCUT2D eigenvalue weighted by Crippen LogP contribution is 2.20. The molecular formula is C20H24N6O. The Morgan fingerprint density at radius 3 is 3.00 bits per heavy atom. The van der Waals surface area contributed by atoms with Crippen molar-refractivity contribution in [1.29, 1.82) is 0 Å². The van der Waals surface area contributed by atoms with Crippen LogP contribution in [0, 0.1) is 0 Å². The van der Waals surface area contributed by atoms with Gasteiger partial charge in [0, 0.05) is 38.0 Å². The number of imidazole rings is 1. The Morgan fingerprint density at radius 2 is 2.22 bits per heavy atom. The third-order valence-electron chi connectivity index (χ3n) is 4.02. The molecule has 3 aromatic rings. The zero-order valence-corrected chi connectivity index (χ0v) is 15.9. The number of anilines is 1. The van der Waals surface area contributed by atoms with Crippen LogP contribution >= 0.6 is 0 Å². The van der Waals surface area contributed by atoms with Crippen molar-refractivity contribution in [2.45, 2.75) is 26.7 Å². The second-order valence-electron chi connectivity index (χ2n) is 6.25. The van der Waals surface area contributed by atoms with Gasteiger partial charge in [-0.2, -0.15) is 4.98 Å². The SMILES string of the molecule is C=C(C=CC)c1noc(-c2cn(C)c(Cc3ccnc(NCCC)c3)n2)n1. The lowest BCUT2D eigenvalue weighted by molar-refractivity contribution is 0.427. The van der Waals surface area contributed by atoms with E-state index in [1.165, 1.54) is 0 Å². The number of aryl methyl sites for hydroxylation is 1. The molecule has 0 unspecified atom stereocenters. The van der Waals surface area contributed by atoms with Crippen molar-refractivity contribution in [2.75, 3.05) is 11.9 Å². The van der Waals surface area contributed by atoms with Crippen LogP contribution in [0.4, 0.5) is 5.82 Å². The first-order valence-corrected chi connectivity index (χ1v) is 8.97. The Hall–Kier alpha value is -3.22. The zero-order chi connectivity index (χ0) is 19.2. The molecule has 0 fully saturated rings. The molecule has 0 saturated carbocycles. The second kappa shape index (κ2) is 8.44. The molecule has 0 amide bonds. The Bertz CT molecular complexity index is 953. The Labute approximate surface area is 158 Å². The van der Waals surface area contributed by atoms with E-state index in [1.54, 1.807) is 0 Å². The summed E-state index contributed by atoms with van der Waals surface area (Å²) in [6, 6.07) is 4.05. The van der Waals surface area contributed by atoms with Crippen LogP contribution in [-0.2, 0) is 13.5 Å². The fourth-order valence-electron chi connectivity index (χ4n) is 2.62. The Balaban J connectivity index is 1.78. The average molecular weight is 364 g/mol. The van der Waals surface area contributed by atoms with E-state index in [2.05, 4.69) is 45.0 Å². The molecule has 140 valence electrons. The van der Waals surface area contributed by atoms with Crippen LogP contribution in [0.3, 0.4) is 0 Å². The first-order chi connectivity index (χ1) is 13.1. The first kappa shape index (κ1) is 18.6. The van der Waals surface area contributed by atoms with Crippen LogP contribution in [-0.4, -0.2) is 31.2 Å². The largest absolute Gasteiger partial charge is 0.370 e. The summed E-state index contributed by atoms with van der Waals surface area (Å²) < 4.78 is 7.32. The minimum absolute atomic E-state index is 0.387. The second-order valence-corrected chi connectivity index (χ2v) is 6.25. The number of allylic oxidation sites excluding steroid dienone is 3. The lowest BCUT2D eigenvalue weighted by Gasteiger charge is -2.06. The number of rotatable bonds is 8. The van der Waals surface area contributed by atoms with Crippen molar-refractivity contribution < 1.29 is 4.52 Å². The fraction of sp³-hybridized carbons (Fsp3) is 0.300. The molecule has 3 aromatic heterocycles. The molecule has 0 aliphatic rings. The van der Waals surface area contributed by atoms with Crippen LogP contribution in [0.25, 0.3) is 17.2 Å². The van der Waals surface area contributed by atoms with Gasteiger partial charge in [-0.3, -0.25) is 0 Å². The van der Waals surface area contributed by atoms with E-state index >= 15 is 0 Å². The highest BCUT2D eigenvalue weighted by atomic mass is 16.5. The zero-order valence-electron chi connectivity index (χ0n) is 15.9. The summed E-state index contributed by atoms with van der Waals surface area (Å²) in [7, 11) is 1.96. The third-order valence-corrected chi connectivity index (χ3v) is 4.02. The van der Waals surface area contributed by atoms with Gasteiger partial charge >= 0.3 is 0 Å². The number of pyridine rings is 1. The minimum Gasteiger partial charge on any atom is -0.370 e. The summed E-state index contributed by atoms with van der Waals surface area (Å²) in [6.07, 6.45) is 9.17. The van der Waals surface area contributed by atoms with E-state index < -0.39 is 0 Å². The van der Waals surface area contributed by atoms with E-state index in [0.717, 1.165) is 30.2 Å². The van der Waals surface area contributed by atoms with Crippen LogP contribution < -0.4 is 5.32 Å². The normalized spacial score (nSPS) is 11.2. The number of nitrogens with one attached hydrogen (secondary N) is 1. The van der Waals surface area contributed by atoms with Gasteiger partial charge in [-0.15, -0.1) is 0 Å². The molecule has 0 radical (unpaired) electrons. The average Bonchev–Trinajstić information content (AvgIpc) is 3.28. The predicted molar refractivity (Wildman–Crippen MR) is 106 cm³/mol. The van der Waals surface area contributed by atoms with Crippen molar-refractivity contribution in [2.24, 2.45) is 7.05 Å². The predicted octanol–water partition coefficient (Wildman–Crippen LogP) is 3.87. The molecule has 27 heavy (non-hydrogen) atoms. The molecular weight excluding hydrogens is 340 g/mol. The van der Waals surface area contributed by atoms with Gasteiger partial charge in [-0.25, -0.2) is 9.97 Å². The van der Waals surface area contributed by atoms with Gasteiger partial charge in [-0.1, -0.05) is 30.8 Å². The molecule has 7 nitrogen and oxygen atoms in total. The highest BCUT2D eigenvalue weighted by Gasteiger charge is 2.15. The number of hydrogen-bond acceptors (Lipinski definition) is 6. The van der Waals surface area contributed by atoms with E-state index in [9.17, 15) is 0 Å². The van der Waals surface area contributed by atoms with Crippen LogP contribution in [0.2, 0.25) is 0 Å². The molecule has 0 aromatic carbocycles. The lowest BCUT2D eigenvalue weighted by Crippen LogP contribution is -2.03. The number of nitrogens with zero attached hydrogens (tertiary/aromatic N) is 5. The standard InChI is InChI=1S/C20H24N6O/c1-5-7-14(3)19-24-20(27-25-19)16-13-26(4)18(23-16)12-15-8-10-22-17(11-15)21-9-6-2/h5,7-8,10-11,13H,3,6,9,12H2,1-2,4H3,(H,21,22). The quantitative estimate of drug-likeness (QED) is 0.611. The third kappa shape index (κ3) is 4.49. The summed E-state index contributed by atoms with van der Waals surface area (Å²) in [5.74, 6) is 2.64. The summed E-state index contributed by atoms with van der Waals surface area (Å²) in [4.78, 5) is 13.4.